The van der Waals surface area contributed by atoms with Crippen LogP contribution in [0.15, 0.2) is 18.2 Å². The lowest BCUT2D eigenvalue weighted by Crippen LogP contribution is -2.27. The number of fused-ring (bicyclic) bond motifs is 4. The molecule has 31 heavy (non-hydrogen) atoms. The lowest BCUT2D eigenvalue weighted by Gasteiger charge is -2.16. The maximum absolute atomic E-state index is 12.5. The number of carbonyl (C=O) groups is 1. The highest BCUT2D eigenvalue weighted by atomic mass is 32.2. The average Bonchev–Trinajstić information content (AvgIpc) is 2.98. The van der Waals surface area contributed by atoms with Crippen molar-refractivity contribution in [2.75, 3.05) is 33.5 Å². The van der Waals surface area contributed by atoms with Gasteiger partial charge in [-0.15, -0.1) is 0 Å². The summed E-state index contributed by atoms with van der Waals surface area (Å²) in [6.45, 7) is 2.01. The van der Waals surface area contributed by atoms with Gasteiger partial charge in [-0.3, -0.25) is 4.79 Å². The molecule has 1 amide bonds. The third kappa shape index (κ3) is 6.34. The molecule has 2 aliphatic rings. The Balaban J connectivity index is 1.45. The minimum Gasteiger partial charge on any atom is -0.382 e. The lowest BCUT2D eigenvalue weighted by molar-refractivity contribution is 0.0693. The summed E-state index contributed by atoms with van der Waals surface area (Å²) in [5.74, 6) is 1.73. The topological polar surface area (TPSA) is 73.3 Å². The van der Waals surface area contributed by atoms with E-state index < -0.39 is 0 Å². The van der Waals surface area contributed by atoms with Crippen LogP contribution in [0.25, 0.3) is 11.0 Å². The van der Waals surface area contributed by atoms with Gasteiger partial charge < -0.3 is 14.8 Å². The Labute approximate surface area is 192 Å². The number of benzene rings is 1. The molecule has 168 valence electrons. The standard InChI is InChI=1S/C23H31N3O3S2/c1-28-10-11-29-9-8-24-23(27)16-6-7-19-20(12-16)26-22-15-31-18-5-3-2-4-17(13-18)30-14-21(22)25-19/h6-7,12,17-18H,2-5,8-11,13-15H2,1H3,(H,24,27). The number of carbonyl (C=O) groups excluding carboxylic acids is 1. The van der Waals surface area contributed by atoms with Crippen molar-refractivity contribution >= 4 is 40.5 Å². The average molecular weight is 462 g/mol. The number of hydrogen-bond donors (Lipinski definition) is 1. The molecule has 1 fully saturated rings. The number of nitrogens with zero attached hydrogens (tertiary/aromatic N) is 2. The summed E-state index contributed by atoms with van der Waals surface area (Å²) in [5.41, 5.74) is 4.47. The fraction of sp³-hybridized carbons (Fsp3) is 0.609. The predicted molar refractivity (Wildman–Crippen MR) is 128 cm³/mol. The molecular weight excluding hydrogens is 430 g/mol. The van der Waals surface area contributed by atoms with Crippen LogP contribution in [0.5, 0.6) is 0 Å². The van der Waals surface area contributed by atoms with Crippen molar-refractivity contribution < 1.29 is 14.3 Å². The first-order valence-corrected chi connectivity index (χ1v) is 13.2. The highest BCUT2D eigenvalue weighted by Crippen LogP contribution is 2.38. The molecule has 1 N–H and O–H groups in total. The van der Waals surface area contributed by atoms with Gasteiger partial charge in [0.25, 0.3) is 5.91 Å². The maximum atomic E-state index is 12.5. The summed E-state index contributed by atoms with van der Waals surface area (Å²) in [4.78, 5) is 22.4. The van der Waals surface area contributed by atoms with Crippen molar-refractivity contribution in [1.82, 2.24) is 15.3 Å². The van der Waals surface area contributed by atoms with E-state index in [1.807, 2.05) is 30.0 Å². The van der Waals surface area contributed by atoms with Crippen molar-refractivity contribution in [3.8, 4) is 0 Å². The Morgan fingerprint density at radius 2 is 1.74 bits per heavy atom. The maximum Gasteiger partial charge on any atom is 0.251 e. The van der Waals surface area contributed by atoms with Gasteiger partial charge in [0.1, 0.15) is 0 Å². The molecule has 6 nitrogen and oxygen atoms in total. The van der Waals surface area contributed by atoms with Gasteiger partial charge in [0.05, 0.1) is 42.2 Å². The second kappa shape index (κ2) is 11.5. The Kier molecular flexibility index (Phi) is 8.47. The molecule has 2 unspecified atom stereocenters. The van der Waals surface area contributed by atoms with E-state index in [1.165, 1.54) is 32.1 Å². The summed E-state index contributed by atoms with van der Waals surface area (Å²) in [6, 6.07) is 5.61. The quantitative estimate of drug-likeness (QED) is 0.619. The molecule has 4 rings (SSSR count). The van der Waals surface area contributed by atoms with Crippen LogP contribution in [-0.4, -0.2) is 59.9 Å². The van der Waals surface area contributed by atoms with Crippen molar-refractivity contribution in [3.05, 3.63) is 35.2 Å². The van der Waals surface area contributed by atoms with Crippen molar-refractivity contribution in [2.24, 2.45) is 0 Å². The smallest absolute Gasteiger partial charge is 0.251 e. The Morgan fingerprint density at radius 1 is 1.03 bits per heavy atom. The number of thioether (sulfide) groups is 2. The zero-order chi connectivity index (χ0) is 21.5. The van der Waals surface area contributed by atoms with E-state index in [0.717, 1.165) is 44.4 Å². The number of hydrogen-bond acceptors (Lipinski definition) is 7. The van der Waals surface area contributed by atoms with Crippen molar-refractivity contribution in [1.29, 1.82) is 0 Å². The first-order chi connectivity index (χ1) is 15.2. The van der Waals surface area contributed by atoms with E-state index in [2.05, 4.69) is 17.1 Å². The predicted octanol–water partition coefficient (Wildman–Crippen LogP) is 4.20. The van der Waals surface area contributed by atoms with E-state index >= 15 is 0 Å². The molecule has 2 bridgehead atoms. The fourth-order valence-corrected chi connectivity index (χ4v) is 6.83. The molecule has 0 saturated heterocycles. The van der Waals surface area contributed by atoms with Gasteiger partial charge in [0, 0.05) is 41.2 Å². The third-order valence-corrected chi connectivity index (χ3v) is 8.46. The number of methoxy groups -OCH3 is 1. The van der Waals surface area contributed by atoms with E-state index in [1.54, 1.807) is 7.11 Å². The lowest BCUT2D eigenvalue weighted by atomic mass is 10.1. The summed E-state index contributed by atoms with van der Waals surface area (Å²) in [7, 11) is 1.64. The number of ether oxygens (including phenoxy) is 2. The first kappa shape index (κ1) is 22.8. The molecule has 1 aromatic carbocycles. The van der Waals surface area contributed by atoms with Crippen LogP contribution >= 0.6 is 23.5 Å². The first-order valence-electron chi connectivity index (χ1n) is 11.1. The molecule has 0 radical (unpaired) electrons. The third-order valence-electron chi connectivity index (χ3n) is 5.78. The summed E-state index contributed by atoms with van der Waals surface area (Å²) < 4.78 is 10.3. The van der Waals surface area contributed by atoms with Gasteiger partial charge >= 0.3 is 0 Å². The van der Waals surface area contributed by atoms with Gasteiger partial charge in [-0.1, -0.05) is 12.8 Å². The summed E-state index contributed by atoms with van der Waals surface area (Å²) in [6.07, 6.45) is 6.66. The fourth-order valence-electron chi connectivity index (χ4n) is 4.05. The highest BCUT2D eigenvalue weighted by Gasteiger charge is 2.24. The second-order valence-electron chi connectivity index (χ2n) is 8.07. The zero-order valence-electron chi connectivity index (χ0n) is 18.1. The number of amides is 1. The molecule has 1 aliphatic carbocycles. The second-order valence-corrected chi connectivity index (χ2v) is 10.6. The molecule has 1 aromatic heterocycles. The van der Waals surface area contributed by atoms with Gasteiger partial charge in [0.15, 0.2) is 0 Å². The normalized spacial score (nSPS) is 21.5. The van der Waals surface area contributed by atoms with Crippen LogP contribution in [0, 0.1) is 0 Å². The van der Waals surface area contributed by atoms with Crippen LogP contribution in [0.4, 0.5) is 0 Å². The van der Waals surface area contributed by atoms with E-state index in [0.29, 0.717) is 31.9 Å². The van der Waals surface area contributed by atoms with Crippen molar-refractivity contribution in [3.63, 3.8) is 0 Å². The van der Waals surface area contributed by atoms with Crippen LogP contribution in [-0.2, 0) is 21.0 Å². The number of rotatable bonds is 7. The molecule has 8 heteroatoms. The van der Waals surface area contributed by atoms with Crippen LogP contribution in [0.2, 0.25) is 0 Å². The monoisotopic (exact) mass is 461 g/mol. The number of aromatic nitrogens is 2. The molecule has 2 aromatic rings. The number of nitrogens with one attached hydrogen (secondary N) is 1. The summed E-state index contributed by atoms with van der Waals surface area (Å²) in [5, 5.41) is 4.37. The van der Waals surface area contributed by atoms with Crippen molar-refractivity contribution in [2.45, 2.75) is 54.1 Å². The minimum absolute atomic E-state index is 0.113. The molecule has 1 aliphatic heterocycles. The zero-order valence-corrected chi connectivity index (χ0v) is 19.7. The van der Waals surface area contributed by atoms with Gasteiger partial charge in [0.2, 0.25) is 0 Å². The van der Waals surface area contributed by atoms with Crippen LogP contribution in [0.3, 0.4) is 0 Å². The van der Waals surface area contributed by atoms with Crippen LogP contribution < -0.4 is 5.32 Å². The Hall–Kier alpha value is -1.35. The molecule has 1 saturated carbocycles. The van der Waals surface area contributed by atoms with Gasteiger partial charge in [-0.2, -0.15) is 23.5 Å². The Morgan fingerprint density at radius 3 is 2.45 bits per heavy atom. The van der Waals surface area contributed by atoms with E-state index in [-0.39, 0.29) is 5.91 Å². The van der Waals surface area contributed by atoms with Gasteiger partial charge in [-0.25, -0.2) is 9.97 Å². The SMILES string of the molecule is COCCOCCNC(=O)c1ccc2nc3c(nc2c1)CSC1CCCCC(C1)SC3. The summed E-state index contributed by atoms with van der Waals surface area (Å²) >= 11 is 4.10. The molecular formula is C23H31N3O3S2. The highest BCUT2D eigenvalue weighted by molar-refractivity contribution is 8.00. The molecule has 0 spiro atoms. The van der Waals surface area contributed by atoms with E-state index in [4.69, 9.17) is 19.4 Å². The molecule has 2 atom stereocenters. The minimum atomic E-state index is -0.113. The Bertz CT molecular complexity index is 896. The van der Waals surface area contributed by atoms with Crippen LogP contribution in [0.1, 0.15) is 53.8 Å². The molecule has 2 heterocycles. The largest absolute Gasteiger partial charge is 0.382 e. The van der Waals surface area contributed by atoms with Gasteiger partial charge in [-0.05, 0) is 37.5 Å². The van der Waals surface area contributed by atoms with E-state index in [9.17, 15) is 4.79 Å².